The van der Waals surface area contributed by atoms with Gasteiger partial charge in [-0.2, -0.15) is 0 Å². The lowest BCUT2D eigenvalue weighted by Crippen LogP contribution is -2.12. The highest BCUT2D eigenvalue weighted by molar-refractivity contribution is 9.10. The summed E-state index contributed by atoms with van der Waals surface area (Å²) in [4.78, 5) is 25.2. The molecule has 16 heavy (non-hydrogen) atoms. The third-order valence-electron chi connectivity index (χ3n) is 2.01. The first-order chi connectivity index (χ1) is 7.49. The fourth-order valence-corrected chi connectivity index (χ4v) is 1.57. The summed E-state index contributed by atoms with van der Waals surface area (Å²) in [7, 11) is 0. The maximum absolute atomic E-state index is 10.6. The highest BCUT2D eigenvalue weighted by Crippen LogP contribution is 2.22. The van der Waals surface area contributed by atoms with Crippen molar-refractivity contribution in [2.24, 2.45) is 0 Å². The van der Waals surface area contributed by atoms with E-state index in [4.69, 9.17) is 10.2 Å². The van der Waals surface area contributed by atoms with Crippen molar-refractivity contribution in [3.8, 4) is 0 Å². The lowest BCUT2D eigenvalue weighted by Gasteiger charge is -2.11. The molecule has 1 aromatic heterocycles. The van der Waals surface area contributed by atoms with Crippen molar-refractivity contribution in [2.45, 2.75) is 18.8 Å². The number of pyridine rings is 1. The number of nitrogens with zero attached hydrogens (tertiary/aromatic N) is 1. The van der Waals surface area contributed by atoms with Crippen LogP contribution in [-0.4, -0.2) is 27.1 Å². The molecule has 0 aliphatic carbocycles. The van der Waals surface area contributed by atoms with Gasteiger partial charge in [0.1, 0.15) is 0 Å². The van der Waals surface area contributed by atoms with Gasteiger partial charge < -0.3 is 10.2 Å². The Labute approximate surface area is 100 Å². The molecule has 0 aromatic carbocycles. The van der Waals surface area contributed by atoms with Gasteiger partial charge in [0.15, 0.2) is 0 Å². The third-order valence-corrected chi connectivity index (χ3v) is 2.48. The van der Waals surface area contributed by atoms with Crippen LogP contribution in [0.5, 0.6) is 0 Å². The summed E-state index contributed by atoms with van der Waals surface area (Å²) in [5, 5.41) is 17.4. The van der Waals surface area contributed by atoms with Gasteiger partial charge in [-0.3, -0.25) is 14.6 Å². The summed E-state index contributed by atoms with van der Waals surface area (Å²) >= 11 is 3.20. The zero-order valence-corrected chi connectivity index (χ0v) is 9.85. The molecule has 1 heterocycles. The minimum atomic E-state index is -1.03. The van der Waals surface area contributed by atoms with Gasteiger partial charge in [-0.1, -0.05) is 0 Å². The Balaban J connectivity index is 2.86. The largest absolute Gasteiger partial charge is 0.481 e. The fourth-order valence-electron chi connectivity index (χ4n) is 1.33. The molecule has 0 unspecified atom stereocenters. The van der Waals surface area contributed by atoms with E-state index in [0.717, 1.165) is 4.47 Å². The molecule has 6 heteroatoms. The van der Waals surface area contributed by atoms with E-state index in [-0.39, 0.29) is 12.8 Å². The second-order valence-electron chi connectivity index (χ2n) is 3.29. The molecule has 0 aliphatic rings. The van der Waals surface area contributed by atoms with Crippen molar-refractivity contribution >= 4 is 27.9 Å². The number of hydrogen-bond donors (Lipinski definition) is 2. The third kappa shape index (κ3) is 3.98. The number of aromatic nitrogens is 1. The molecule has 0 saturated carbocycles. The molecule has 0 spiro atoms. The van der Waals surface area contributed by atoms with Crippen LogP contribution in [0.15, 0.2) is 22.8 Å². The molecule has 1 aromatic rings. The van der Waals surface area contributed by atoms with Gasteiger partial charge in [-0.15, -0.1) is 0 Å². The van der Waals surface area contributed by atoms with Crippen molar-refractivity contribution in [3.63, 3.8) is 0 Å². The van der Waals surface area contributed by atoms with E-state index < -0.39 is 17.9 Å². The van der Waals surface area contributed by atoms with Crippen LogP contribution < -0.4 is 0 Å². The Morgan fingerprint density at radius 2 is 1.81 bits per heavy atom. The summed E-state index contributed by atoms with van der Waals surface area (Å²) in [6.45, 7) is 0. The van der Waals surface area contributed by atoms with Crippen molar-refractivity contribution in [3.05, 3.63) is 28.5 Å². The smallest absolute Gasteiger partial charge is 0.304 e. The Bertz CT molecular complexity index is 374. The number of hydrogen-bond acceptors (Lipinski definition) is 3. The lowest BCUT2D eigenvalue weighted by molar-refractivity contribution is -0.139. The van der Waals surface area contributed by atoms with Crippen molar-refractivity contribution in [1.29, 1.82) is 0 Å². The quantitative estimate of drug-likeness (QED) is 0.863. The van der Waals surface area contributed by atoms with Crippen LogP contribution in [-0.2, 0) is 9.59 Å². The number of carboxylic acid groups (broad SMARTS) is 2. The van der Waals surface area contributed by atoms with Gasteiger partial charge in [0.05, 0.1) is 12.8 Å². The summed E-state index contributed by atoms with van der Waals surface area (Å²) in [5.74, 6) is -2.66. The van der Waals surface area contributed by atoms with Crippen LogP contribution in [0.4, 0.5) is 0 Å². The molecule has 0 saturated heterocycles. The number of carbonyl (C=O) groups is 2. The van der Waals surface area contributed by atoms with Crippen LogP contribution in [0, 0.1) is 0 Å². The van der Waals surface area contributed by atoms with Crippen molar-refractivity contribution < 1.29 is 19.8 Å². The Hall–Kier alpha value is -1.43. The van der Waals surface area contributed by atoms with Crippen LogP contribution in [0.3, 0.4) is 0 Å². The molecule has 1 rings (SSSR count). The number of aliphatic carboxylic acids is 2. The maximum Gasteiger partial charge on any atom is 0.304 e. The summed E-state index contributed by atoms with van der Waals surface area (Å²) in [6, 6.07) is 3.33. The van der Waals surface area contributed by atoms with E-state index in [9.17, 15) is 9.59 Å². The summed E-state index contributed by atoms with van der Waals surface area (Å²) < 4.78 is 0.764. The molecular formula is C10H10BrNO4. The van der Waals surface area contributed by atoms with Crippen LogP contribution >= 0.6 is 15.9 Å². The fraction of sp³-hybridized carbons (Fsp3) is 0.300. The molecule has 2 N–H and O–H groups in total. The summed E-state index contributed by atoms with van der Waals surface area (Å²) in [6.07, 6.45) is 1.05. The van der Waals surface area contributed by atoms with E-state index in [2.05, 4.69) is 20.9 Å². The molecule has 0 amide bonds. The molecule has 86 valence electrons. The molecule has 0 aliphatic heterocycles. The van der Waals surface area contributed by atoms with E-state index in [1.165, 1.54) is 6.20 Å². The molecule has 5 nitrogen and oxygen atoms in total. The highest BCUT2D eigenvalue weighted by Gasteiger charge is 2.20. The highest BCUT2D eigenvalue weighted by atomic mass is 79.9. The molecule has 0 bridgehead atoms. The Morgan fingerprint density at radius 1 is 1.25 bits per heavy atom. The predicted octanol–water partition coefficient (Wildman–Crippen LogP) is 1.88. The van der Waals surface area contributed by atoms with Crippen molar-refractivity contribution in [2.75, 3.05) is 0 Å². The second kappa shape index (κ2) is 5.60. The normalized spacial score (nSPS) is 10.4. The average Bonchev–Trinajstić information content (AvgIpc) is 2.16. The van der Waals surface area contributed by atoms with Gasteiger partial charge in [0, 0.05) is 22.3 Å². The van der Waals surface area contributed by atoms with Crippen LogP contribution in [0.25, 0.3) is 0 Å². The average molecular weight is 288 g/mol. The zero-order chi connectivity index (χ0) is 12.1. The topological polar surface area (TPSA) is 87.5 Å². The zero-order valence-electron chi connectivity index (χ0n) is 8.26. The number of rotatable bonds is 5. The summed E-state index contributed by atoms with van der Waals surface area (Å²) in [5.41, 5.74) is 0.480. The van der Waals surface area contributed by atoms with Crippen LogP contribution in [0.1, 0.15) is 24.5 Å². The molecule has 0 atom stereocenters. The van der Waals surface area contributed by atoms with E-state index in [0.29, 0.717) is 5.69 Å². The van der Waals surface area contributed by atoms with Crippen LogP contribution in [0.2, 0.25) is 0 Å². The maximum atomic E-state index is 10.6. The predicted molar refractivity (Wildman–Crippen MR) is 59.2 cm³/mol. The van der Waals surface area contributed by atoms with E-state index in [1.807, 2.05) is 0 Å². The van der Waals surface area contributed by atoms with Gasteiger partial charge in [0.2, 0.25) is 0 Å². The van der Waals surface area contributed by atoms with Gasteiger partial charge in [-0.25, -0.2) is 0 Å². The Morgan fingerprint density at radius 3 is 2.19 bits per heavy atom. The standard InChI is InChI=1S/C10H10BrNO4/c11-7-1-2-8(12-5-7)6(3-9(13)14)4-10(15)16/h1-2,5-6H,3-4H2,(H,13,14)(H,15,16). The van der Waals surface area contributed by atoms with E-state index in [1.54, 1.807) is 12.1 Å². The van der Waals surface area contributed by atoms with E-state index >= 15 is 0 Å². The monoisotopic (exact) mass is 287 g/mol. The SMILES string of the molecule is O=C(O)CC(CC(=O)O)c1ccc(Br)cn1. The Kier molecular flexibility index (Phi) is 4.42. The molecular weight excluding hydrogens is 278 g/mol. The molecule has 0 radical (unpaired) electrons. The minimum Gasteiger partial charge on any atom is -0.481 e. The number of halogens is 1. The van der Waals surface area contributed by atoms with Gasteiger partial charge in [-0.05, 0) is 28.1 Å². The molecule has 0 fully saturated rings. The lowest BCUT2D eigenvalue weighted by atomic mass is 9.97. The van der Waals surface area contributed by atoms with Crippen molar-refractivity contribution in [1.82, 2.24) is 4.98 Å². The second-order valence-corrected chi connectivity index (χ2v) is 4.21. The first-order valence-corrected chi connectivity index (χ1v) is 5.33. The van der Waals surface area contributed by atoms with Gasteiger partial charge >= 0.3 is 11.9 Å². The first kappa shape index (κ1) is 12.6. The number of carboxylic acids is 2. The van der Waals surface area contributed by atoms with Gasteiger partial charge in [0.25, 0.3) is 0 Å². The first-order valence-electron chi connectivity index (χ1n) is 4.54. The minimum absolute atomic E-state index is 0.235.